The molecule has 1 unspecified atom stereocenters. The van der Waals surface area contributed by atoms with Crippen LogP contribution in [-0.2, 0) is 14.9 Å². The average Bonchev–Trinajstić information content (AvgIpc) is 2.14. The van der Waals surface area contributed by atoms with Crippen LogP contribution in [0.2, 0.25) is 0 Å². The summed E-state index contributed by atoms with van der Waals surface area (Å²) >= 11 is 0. The number of nitrogens with two attached hydrogens (primary N) is 1. The lowest BCUT2D eigenvalue weighted by Gasteiger charge is -2.16. The first-order valence-corrected chi connectivity index (χ1v) is 6.58. The third-order valence-electron chi connectivity index (χ3n) is 1.77. The molecule has 100 valence electrons. The molecule has 0 aliphatic heterocycles. The summed E-state index contributed by atoms with van der Waals surface area (Å²) in [5.41, 5.74) is 5.17. The molecule has 0 fully saturated rings. The summed E-state index contributed by atoms with van der Waals surface area (Å²) in [5, 5.41) is 7.07. The number of hydrogen-bond donors (Lipinski definition) is 4. The average molecular weight is 266 g/mol. The third kappa shape index (κ3) is 7.53. The molecule has 8 nitrogen and oxygen atoms in total. The van der Waals surface area contributed by atoms with Crippen LogP contribution in [0.25, 0.3) is 0 Å². The first-order chi connectivity index (χ1) is 7.80. The van der Waals surface area contributed by atoms with Crippen molar-refractivity contribution in [2.75, 3.05) is 6.61 Å². The summed E-state index contributed by atoms with van der Waals surface area (Å²) in [6, 6.07) is -0.528. The minimum absolute atomic E-state index is 0.0754. The van der Waals surface area contributed by atoms with E-state index < -0.39 is 22.3 Å². The molecule has 1 amide bonds. The number of rotatable bonds is 7. The highest BCUT2D eigenvalue weighted by Crippen LogP contribution is 1.98. The van der Waals surface area contributed by atoms with Crippen LogP contribution in [0.5, 0.6) is 0 Å². The largest absolute Gasteiger partial charge is 0.449 e. The maximum Gasteiger partial charge on any atom is 0.421 e. The number of nitrogens with one attached hydrogen (secondary N) is 3. The highest BCUT2D eigenvalue weighted by atomic mass is 32.2. The van der Waals surface area contributed by atoms with Crippen molar-refractivity contribution in [2.45, 2.75) is 32.7 Å². The lowest BCUT2D eigenvalue weighted by molar-refractivity contribution is 0.158. The van der Waals surface area contributed by atoms with E-state index in [2.05, 4.69) is 9.46 Å². The van der Waals surface area contributed by atoms with Crippen molar-refractivity contribution in [3.63, 3.8) is 0 Å². The van der Waals surface area contributed by atoms with Crippen molar-refractivity contribution >= 4 is 22.1 Å². The molecule has 1 atom stereocenters. The molecule has 0 aliphatic carbocycles. The van der Waals surface area contributed by atoms with Crippen molar-refractivity contribution in [1.82, 2.24) is 9.44 Å². The Labute approximate surface area is 101 Å². The molecular formula is C8H18N4O4S. The second-order valence-corrected chi connectivity index (χ2v) is 4.73. The highest BCUT2D eigenvalue weighted by molar-refractivity contribution is 7.88. The SMILES string of the molecule is CCOC(=O)NS(=O)(=O)NC(CC)CC(=N)N. The zero-order valence-electron chi connectivity index (χ0n) is 9.82. The first kappa shape index (κ1) is 15.7. The molecule has 0 aliphatic rings. The molecule has 0 rings (SSSR count). The molecule has 17 heavy (non-hydrogen) atoms. The number of carbonyl (C=O) groups is 1. The summed E-state index contributed by atoms with van der Waals surface area (Å²) in [5.74, 6) is -0.129. The Balaban J connectivity index is 4.41. The Bertz CT molecular complexity index is 368. The van der Waals surface area contributed by atoms with Crippen molar-refractivity contribution in [2.24, 2.45) is 5.73 Å². The van der Waals surface area contributed by atoms with Gasteiger partial charge in [0.25, 0.3) is 0 Å². The normalized spacial score (nSPS) is 12.8. The van der Waals surface area contributed by atoms with Crippen molar-refractivity contribution < 1.29 is 17.9 Å². The lowest BCUT2D eigenvalue weighted by Crippen LogP contribution is -2.46. The molecule has 0 spiro atoms. The van der Waals surface area contributed by atoms with Gasteiger partial charge in [-0.15, -0.1) is 0 Å². The van der Waals surface area contributed by atoms with Gasteiger partial charge in [0.2, 0.25) is 0 Å². The van der Waals surface area contributed by atoms with E-state index in [1.807, 2.05) is 0 Å². The van der Waals surface area contributed by atoms with Gasteiger partial charge in [-0.05, 0) is 13.3 Å². The minimum atomic E-state index is -3.99. The van der Waals surface area contributed by atoms with Crippen LogP contribution in [0.1, 0.15) is 26.7 Å². The quantitative estimate of drug-likeness (QED) is 0.370. The van der Waals surface area contributed by atoms with Gasteiger partial charge in [0, 0.05) is 12.5 Å². The van der Waals surface area contributed by atoms with E-state index in [9.17, 15) is 13.2 Å². The number of hydrogen-bond acceptors (Lipinski definition) is 5. The molecule has 0 radical (unpaired) electrons. The van der Waals surface area contributed by atoms with Crippen LogP contribution in [0.3, 0.4) is 0 Å². The zero-order chi connectivity index (χ0) is 13.5. The van der Waals surface area contributed by atoms with Crippen molar-refractivity contribution in [3.8, 4) is 0 Å². The Morgan fingerprint density at radius 1 is 1.47 bits per heavy atom. The predicted molar refractivity (Wildman–Crippen MR) is 62.8 cm³/mol. The molecule has 0 saturated carbocycles. The van der Waals surface area contributed by atoms with Crippen LogP contribution >= 0.6 is 0 Å². The van der Waals surface area contributed by atoms with Gasteiger partial charge in [-0.25, -0.2) is 9.52 Å². The molecule has 9 heteroatoms. The fourth-order valence-corrected chi connectivity index (χ4v) is 2.08. The van der Waals surface area contributed by atoms with Gasteiger partial charge in [-0.1, -0.05) is 6.92 Å². The van der Waals surface area contributed by atoms with Gasteiger partial charge >= 0.3 is 16.3 Å². The van der Waals surface area contributed by atoms with E-state index in [1.54, 1.807) is 18.6 Å². The molecule has 0 aromatic heterocycles. The number of amides is 1. The van der Waals surface area contributed by atoms with E-state index >= 15 is 0 Å². The smallest absolute Gasteiger partial charge is 0.421 e. The molecule has 0 heterocycles. The van der Waals surface area contributed by atoms with Gasteiger partial charge in [0.1, 0.15) is 0 Å². The van der Waals surface area contributed by atoms with Crippen molar-refractivity contribution in [1.29, 1.82) is 5.41 Å². The number of ether oxygens (including phenoxy) is 1. The fourth-order valence-electron chi connectivity index (χ4n) is 1.05. The fraction of sp³-hybridized carbons (Fsp3) is 0.750. The standard InChI is InChI=1S/C8H18N4O4S/c1-3-6(5-7(9)10)11-17(14,15)12-8(13)16-4-2/h6,11H,3-5H2,1-2H3,(H3,9,10)(H,12,13). The molecular weight excluding hydrogens is 248 g/mol. The highest BCUT2D eigenvalue weighted by Gasteiger charge is 2.19. The Kier molecular flexibility index (Phi) is 6.51. The number of amidine groups is 1. The van der Waals surface area contributed by atoms with Gasteiger partial charge in [-0.3, -0.25) is 5.41 Å². The van der Waals surface area contributed by atoms with Crippen LogP contribution in [-0.4, -0.2) is 33.0 Å². The summed E-state index contributed by atoms with van der Waals surface area (Å²) in [6.45, 7) is 3.37. The van der Waals surface area contributed by atoms with Gasteiger partial charge in [0.05, 0.1) is 12.4 Å². The van der Waals surface area contributed by atoms with E-state index in [4.69, 9.17) is 11.1 Å². The van der Waals surface area contributed by atoms with Crippen LogP contribution < -0.4 is 15.2 Å². The van der Waals surface area contributed by atoms with Gasteiger partial charge in [-0.2, -0.15) is 13.1 Å². The predicted octanol–water partition coefficient (Wildman–Crippen LogP) is -0.328. The summed E-state index contributed by atoms with van der Waals surface area (Å²) in [7, 11) is -3.99. The van der Waals surface area contributed by atoms with E-state index in [0.29, 0.717) is 6.42 Å². The van der Waals surface area contributed by atoms with Crippen LogP contribution in [0, 0.1) is 5.41 Å². The number of carbonyl (C=O) groups excluding carboxylic acids is 1. The molecule has 0 saturated heterocycles. The summed E-state index contributed by atoms with van der Waals surface area (Å²) in [6.07, 6.45) is -0.513. The van der Waals surface area contributed by atoms with Gasteiger partial charge in [0.15, 0.2) is 0 Å². The van der Waals surface area contributed by atoms with E-state index in [1.165, 1.54) is 0 Å². The zero-order valence-corrected chi connectivity index (χ0v) is 10.6. The summed E-state index contributed by atoms with van der Waals surface area (Å²) < 4.78 is 31.2. The summed E-state index contributed by atoms with van der Waals surface area (Å²) in [4.78, 5) is 10.9. The molecule has 5 N–H and O–H groups in total. The topological polar surface area (TPSA) is 134 Å². The maximum absolute atomic E-state index is 11.4. The molecule has 0 aromatic rings. The Morgan fingerprint density at radius 2 is 2.06 bits per heavy atom. The lowest BCUT2D eigenvalue weighted by atomic mass is 10.1. The molecule has 0 bridgehead atoms. The second-order valence-electron chi connectivity index (χ2n) is 3.28. The molecule has 0 aromatic carbocycles. The maximum atomic E-state index is 11.4. The van der Waals surface area contributed by atoms with Crippen LogP contribution in [0.15, 0.2) is 0 Å². The monoisotopic (exact) mass is 266 g/mol. The van der Waals surface area contributed by atoms with E-state index in [0.717, 1.165) is 0 Å². The van der Waals surface area contributed by atoms with Crippen molar-refractivity contribution in [3.05, 3.63) is 0 Å². The van der Waals surface area contributed by atoms with E-state index in [-0.39, 0.29) is 18.9 Å². The minimum Gasteiger partial charge on any atom is -0.449 e. The van der Waals surface area contributed by atoms with Gasteiger partial charge < -0.3 is 10.5 Å². The first-order valence-electron chi connectivity index (χ1n) is 5.10. The second kappa shape index (κ2) is 7.07. The third-order valence-corrected chi connectivity index (χ3v) is 2.85. The van der Waals surface area contributed by atoms with Crippen LogP contribution in [0.4, 0.5) is 4.79 Å². The Hall–Kier alpha value is -1.35. The Morgan fingerprint density at radius 3 is 2.47 bits per heavy atom.